The zero-order valence-electron chi connectivity index (χ0n) is 16.7. The van der Waals surface area contributed by atoms with E-state index >= 15 is 0 Å². The number of carbonyl (C=O) groups excluding carboxylic acids is 1. The van der Waals surface area contributed by atoms with Crippen molar-refractivity contribution in [2.24, 2.45) is 15.5 Å². The fourth-order valence-electron chi connectivity index (χ4n) is 2.40. The minimum Gasteiger partial charge on any atom is -0.352 e. The van der Waals surface area contributed by atoms with Crippen LogP contribution in [0.2, 0.25) is 5.02 Å². The Balaban J connectivity index is 1.95. The van der Waals surface area contributed by atoms with Gasteiger partial charge in [-0.2, -0.15) is 8.42 Å². The van der Waals surface area contributed by atoms with Crippen LogP contribution in [-0.4, -0.2) is 38.4 Å². The molecule has 5 N–H and O–H groups in total. The number of carbonyl (C=O) groups is 1. The summed E-state index contributed by atoms with van der Waals surface area (Å²) in [6.07, 6.45) is 3.74. The first-order chi connectivity index (χ1) is 14.0. The molecule has 1 amide bonds. The van der Waals surface area contributed by atoms with Crippen LogP contribution >= 0.6 is 11.6 Å². The van der Waals surface area contributed by atoms with Gasteiger partial charge in [0, 0.05) is 29.9 Å². The normalized spacial score (nSPS) is 12.3. The summed E-state index contributed by atoms with van der Waals surface area (Å²) in [5, 5.41) is 11.3. The van der Waals surface area contributed by atoms with E-state index in [1.807, 2.05) is 13.8 Å². The number of anilines is 1. The number of nitrogens with zero attached hydrogens (tertiary/aromatic N) is 2. The lowest BCUT2D eigenvalue weighted by Gasteiger charge is -2.23. The number of rotatable bonds is 8. The van der Waals surface area contributed by atoms with Gasteiger partial charge in [-0.3, -0.25) is 14.8 Å². The molecule has 1 heterocycles. The second-order valence-electron chi connectivity index (χ2n) is 7.36. The van der Waals surface area contributed by atoms with E-state index in [-0.39, 0.29) is 23.8 Å². The summed E-state index contributed by atoms with van der Waals surface area (Å²) in [5.41, 5.74) is 0.755. The summed E-state index contributed by atoms with van der Waals surface area (Å²) in [7, 11) is -4.00. The second-order valence-corrected chi connectivity index (χ2v) is 9.09. The number of halogens is 1. The van der Waals surface area contributed by atoms with Gasteiger partial charge in [0.05, 0.1) is 11.9 Å². The Morgan fingerprint density at radius 2 is 1.93 bits per heavy atom. The van der Waals surface area contributed by atoms with Crippen LogP contribution in [0, 0.1) is 5.41 Å². The summed E-state index contributed by atoms with van der Waals surface area (Å²) >= 11 is 5.83. The van der Waals surface area contributed by atoms with Gasteiger partial charge in [0.25, 0.3) is 16.1 Å². The van der Waals surface area contributed by atoms with E-state index in [1.165, 1.54) is 6.20 Å². The van der Waals surface area contributed by atoms with Crippen molar-refractivity contribution in [2.75, 3.05) is 18.4 Å². The third-order valence-corrected chi connectivity index (χ3v) is 4.75. The molecule has 11 heteroatoms. The van der Waals surface area contributed by atoms with Crippen molar-refractivity contribution in [3.05, 3.63) is 59.4 Å². The van der Waals surface area contributed by atoms with Gasteiger partial charge in [-0.1, -0.05) is 25.4 Å². The van der Waals surface area contributed by atoms with Crippen LogP contribution in [0.5, 0.6) is 0 Å². The number of pyridine rings is 1. The summed E-state index contributed by atoms with van der Waals surface area (Å²) in [5.74, 6) is -0.204. The molecule has 0 aliphatic heterocycles. The fourth-order valence-corrected chi connectivity index (χ4v) is 2.91. The Hall–Kier alpha value is -2.69. The first-order valence-electron chi connectivity index (χ1n) is 9.10. The molecule has 0 saturated heterocycles. The molecule has 0 radical (unpaired) electrons. The maximum absolute atomic E-state index is 12.2. The average molecular weight is 453 g/mol. The minimum atomic E-state index is -4.00. The third kappa shape index (κ3) is 8.76. The molecule has 9 nitrogen and oxygen atoms in total. The molecule has 162 valence electrons. The number of guanidine groups is 1. The molecule has 0 unspecified atom stereocenters. The second kappa shape index (κ2) is 10.4. The first-order valence-corrected chi connectivity index (χ1v) is 11.0. The number of aromatic nitrogens is 1. The van der Waals surface area contributed by atoms with Crippen molar-refractivity contribution in [1.82, 2.24) is 15.0 Å². The molecular weight excluding hydrogens is 428 g/mol. The summed E-state index contributed by atoms with van der Waals surface area (Å²) in [4.78, 5) is 20.5. The lowest BCUT2D eigenvalue weighted by atomic mass is 9.89. The number of benzene rings is 1. The van der Waals surface area contributed by atoms with Gasteiger partial charge in [-0.05, 0) is 48.2 Å². The maximum atomic E-state index is 12.2. The largest absolute Gasteiger partial charge is 0.352 e. The van der Waals surface area contributed by atoms with Gasteiger partial charge in [0.2, 0.25) is 5.96 Å². The van der Waals surface area contributed by atoms with Crippen LogP contribution in [0.1, 0.15) is 30.6 Å². The molecule has 2 aromatic rings. The summed E-state index contributed by atoms with van der Waals surface area (Å²) in [6.45, 7) is 4.64. The van der Waals surface area contributed by atoms with Gasteiger partial charge < -0.3 is 10.6 Å². The molecule has 30 heavy (non-hydrogen) atoms. The lowest BCUT2D eigenvalue weighted by molar-refractivity contribution is 0.0949. The van der Waals surface area contributed by atoms with Crippen molar-refractivity contribution in [2.45, 2.75) is 20.3 Å². The molecule has 2 rings (SSSR count). The molecule has 0 bridgehead atoms. The summed E-state index contributed by atoms with van der Waals surface area (Å²) < 4.78 is 25.0. The highest BCUT2D eigenvalue weighted by atomic mass is 35.5. The topological polar surface area (TPSA) is 139 Å². The molecule has 1 aromatic carbocycles. The van der Waals surface area contributed by atoms with E-state index < -0.39 is 10.2 Å². The first kappa shape index (κ1) is 23.6. The van der Waals surface area contributed by atoms with E-state index in [2.05, 4.69) is 25.3 Å². The molecule has 1 aromatic heterocycles. The lowest BCUT2D eigenvalue weighted by Crippen LogP contribution is -2.41. The quantitative estimate of drug-likeness (QED) is 0.359. The Morgan fingerprint density at radius 1 is 1.23 bits per heavy atom. The molecule has 0 aliphatic carbocycles. The van der Waals surface area contributed by atoms with Crippen LogP contribution in [-0.2, 0) is 10.2 Å². The van der Waals surface area contributed by atoms with E-state index in [4.69, 9.17) is 16.7 Å². The maximum Gasteiger partial charge on any atom is 0.298 e. The van der Waals surface area contributed by atoms with Crippen molar-refractivity contribution in [1.29, 1.82) is 0 Å². The number of aliphatic imine (C=N–C) groups is 1. The van der Waals surface area contributed by atoms with Crippen LogP contribution in [0.15, 0.2) is 53.8 Å². The van der Waals surface area contributed by atoms with Crippen LogP contribution in [0.25, 0.3) is 0 Å². The molecule has 0 aliphatic rings. The van der Waals surface area contributed by atoms with Gasteiger partial charge >= 0.3 is 0 Å². The standard InChI is InChI=1S/C19H25ClN6O3S/c1-19(2,9-11-23-17(27)14-5-7-15(20)8-6-14)13-24-18(26-30(21,28)29)25-16-4-3-10-22-12-16/h3-8,10,12H,9,11,13H2,1-2H3,(H,23,27)(H2,21,28,29)(H2,24,25,26). The predicted octanol–water partition coefficient (Wildman–Crippen LogP) is 2.14. The van der Waals surface area contributed by atoms with Crippen molar-refractivity contribution < 1.29 is 13.2 Å². The monoisotopic (exact) mass is 452 g/mol. The highest BCUT2D eigenvalue weighted by Gasteiger charge is 2.19. The minimum absolute atomic E-state index is 0.0104. The SMILES string of the molecule is CC(C)(CCNC(=O)c1ccc(Cl)cc1)CN=C(Nc1cccnc1)NS(N)(=O)=O. The summed E-state index contributed by atoms with van der Waals surface area (Å²) in [6, 6.07) is 10.0. The molecular formula is C19H25ClN6O3S. The van der Waals surface area contributed by atoms with E-state index in [0.717, 1.165) is 0 Å². The highest BCUT2D eigenvalue weighted by molar-refractivity contribution is 7.87. The van der Waals surface area contributed by atoms with Crippen molar-refractivity contribution >= 4 is 39.4 Å². The van der Waals surface area contributed by atoms with E-state index in [9.17, 15) is 13.2 Å². The Kier molecular flexibility index (Phi) is 8.16. The third-order valence-electron chi connectivity index (χ3n) is 4.02. The number of hydrogen-bond donors (Lipinski definition) is 4. The fraction of sp³-hybridized carbons (Fsp3) is 0.316. The molecule has 0 atom stereocenters. The Bertz CT molecular complexity index is 979. The Morgan fingerprint density at radius 3 is 2.53 bits per heavy atom. The number of amides is 1. The van der Waals surface area contributed by atoms with E-state index in [0.29, 0.717) is 29.2 Å². The molecule has 0 spiro atoms. The van der Waals surface area contributed by atoms with Crippen LogP contribution in [0.4, 0.5) is 5.69 Å². The van der Waals surface area contributed by atoms with Gasteiger partial charge in [-0.25, -0.2) is 9.86 Å². The van der Waals surface area contributed by atoms with Crippen molar-refractivity contribution in [3.8, 4) is 0 Å². The zero-order valence-corrected chi connectivity index (χ0v) is 18.3. The molecule has 0 fully saturated rings. The van der Waals surface area contributed by atoms with E-state index in [1.54, 1.807) is 42.6 Å². The average Bonchev–Trinajstić information content (AvgIpc) is 2.66. The Labute approximate surface area is 181 Å². The number of hydrogen-bond acceptors (Lipinski definition) is 5. The predicted molar refractivity (Wildman–Crippen MR) is 119 cm³/mol. The van der Waals surface area contributed by atoms with Gasteiger partial charge in [-0.15, -0.1) is 0 Å². The molecule has 0 saturated carbocycles. The zero-order chi connectivity index (χ0) is 22.2. The smallest absolute Gasteiger partial charge is 0.298 e. The van der Waals surface area contributed by atoms with Gasteiger partial charge in [0.1, 0.15) is 0 Å². The van der Waals surface area contributed by atoms with Crippen LogP contribution < -0.4 is 20.5 Å². The van der Waals surface area contributed by atoms with Crippen LogP contribution in [0.3, 0.4) is 0 Å². The van der Waals surface area contributed by atoms with Gasteiger partial charge in [0.15, 0.2) is 0 Å². The number of nitrogens with one attached hydrogen (secondary N) is 3. The highest BCUT2D eigenvalue weighted by Crippen LogP contribution is 2.20. The van der Waals surface area contributed by atoms with Crippen molar-refractivity contribution in [3.63, 3.8) is 0 Å². The number of nitrogens with two attached hydrogens (primary N) is 1.